The largest absolute Gasteiger partial charge is 0.481 e. The van der Waals surface area contributed by atoms with Gasteiger partial charge in [-0.3, -0.25) is 9.59 Å². The van der Waals surface area contributed by atoms with Crippen molar-refractivity contribution in [3.8, 4) is 0 Å². The number of carbonyl (C=O) groups excluding carboxylic acids is 1. The zero-order chi connectivity index (χ0) is 13.0. The Kier molecular flexibility index (Phi) is 4.87. The van der Waals surface area contributed by atoms with E-state index in [0.717, 1.165) is 2.88 Å². The van der Waals surface area contributed by atoms with Gasteiger partial charge in [0.15, 0.2) is 0 Å². The molecule has 0 saturated carbocycles. The second-order valence-electron chi connectivity index (χ2n) is 3.10. The van der Waals surface area contributed by atoms with E-state index in [9.17, 15) is 14.4 Å². The molecule has 0 aliphatic carbocycles. The second kappa shape index (κ2) is 5.96. The second-order valence-corrected chi connectivity index (χ2v) is 5.91. The Bertz CT molecular complexity index is 458. The molecule has 0 spiro atoms. The molecule has 0 aliphatic rings. The molecule has 1 amide bonds. The van der Waals surface area contributed by atoms with E-state index in [2.05, 4.69) is 5.32 Å². The van der Waals surface area contributed by atoms with Gasteiger partial charge in [0.1, 0.15) is 6.04 Å². The van der Waals surface area contributed by atoms with Gasteiger partial charge in [-0.15, -0.1) is 11.3 Å². The topological polar surface area (TPSA) is 104 Å². The van der Waals surface area contributed by atoms with Crippen molar-refractivity contribution < 1.29 is 24.6 Å². The smallest absolute Gasteiger partial charge is 0.326 e. The summed E-state index contributed by atoms with van der Waals surface area (Å²) < 4.78 is 0.887. The molecule has 1 heterocycles. The van der Waals surface area contributed by atoms with Gasteiger partial charge in [-0.2, -0.15) is 0 Å². The average molecular weight is 369 g/mol. The number of hydrogen-bond donors (Lipinski definition) is 3. The van der Waals surface area contributed by atoms with Gasteiger partial charge < -0.3 is 15.5 Å². The summed E-state index contributed by atoms with van der Waals surface area (Å²) in [5, 5.41) is 21.0. The minimum atomic E-state index is -1.42. The highest BCUT2D eigenvalue weighted by Gasteiger charge is 2.23. The summed E-state index contributed by atoms with van der Waals surface area (Å²) in [6.07, 6.45) is -0.650. The minimum absolute atomic E-state index is 0.330. The van der Waals surface area contributed by atoms with E-state index in [1.807, 2.05) is 22.6 Å². The Labute approximate surface area is 114 Å². The summed E-state index contributed by atoms with van der Waals surface area (Å²) in [4.78, 5) is 32.7. The lowest BCUT2D eigenvalue weighted by Gasteiger charge is -2.11. The fourth-order valence-corrected chi connectivity index (χ4v) is 2.37. The van der Waals surface area contributed by atoms with Crippen LogP contribution in [0.3, 0.4) is 0 Å². The quantitative estimate of drug-likeness (QED) is 0.673. The van der Waals surface area contributed by atoms with E-state index in [4.69, 9.17) is 10.2 Å². The zero-order valence-electron chi connectivity index (χ0n) is 8.34. The summed E-state index contributed by atoms with van der Waals surface area (Å²) in [6, 6.07) is 0.179. The fourth-order valence-electron chi connectivity index (χ4n) is 1.05. The Balaban J connectivity index is 2.70. The van der Waals surface area contributed by atoms with E-state index in [-0.39, 0.29) is 0 Å². The third-order valence-electron chi connectivity index (χ3n) is 1.81. The van der Waals surface area contributed by atoms with Gasteiger partial charge in [-0.25, -0.2) is 4.79 Å². The number of hydrogen-bond acceptors (Lipinski definition) is 4. The molecular weight excluding hydrogens is 361 g/mol. The normalized spacial score (nSPS) is 11.8. The van der Waals surface area contributed by atoms with Crippen LogP contribution in [0.4, 0.5) is 0 Å². The Hall–Kier alpha value is -1.16. The summed E-state index contributed by atoms with van der Waals surface area (Å²) >= 11 is 3.37. The molecule has 0 bridgehead atoms. The van der Waals surface area contributed by atoms with Gasteiger partial charge >= 0.3 is 11.9 Å². The molecule has 8 heteroatoms. The van der Waals surface area contributed by atoms with E-state index in [1.165, 1.54) is 11.3 Å². The summed E-state index contributed by atoms with van der Waals surface area (Å²) in [5.41, 5.74) is 0.330. The van der Waals surface area contributed by atoms with Crippen molar-refractivity contribution in [3.63, 3.8) is 0 Å². The predicted molar refractivity (Wildman–Crippen MR) is 68.2 cm³/mol. The van der Waals surface area contributed by atoms with Gasteiger partial charge in [0.25, 0.3) is 5.91 Å². The van der Waals surface area contributed by atoms with Crippen LogP contribution in [0.15, 0.2) is 11.4 Å². The number of nitrogens with one attached hydrogen (secondary N) is 1. The Morgan fingerprint density at radius 1 is 1.41 bits per heavy atom. The number of carboxylic acids is 2. The van der Waals surface area contributed by atoms with Gasteiger partial charge in [0.05, 0.1) is 14.9 Å². The molecule has 1 aromatic heterocycles. The van der Waals surface area contributed by atoms with Crippen molar-refractivity contribution in [1.82, 2.24) is 5.32 Å². The lowest BCUT2D eigenvalue weighted by atomic mass is 10.2. The van der Waals surface area contributed by atoms with Crippen LogP contribution in [-0.2, 0) is 9.59 Å². The van der Waals surface area contributed by atoms with E-state index >= 15 is 0 Å². The van der Waals surface area contributed by atoms with Crippen LogP contribution in [0, 0.1) is 2.88 Å². The maximum absolute atomic E-state index is 11.6. The lowest BCUT2D eigenvalue weighted by Crippen LogP contribution is -2.42. The van der Waals surface area contributed by atoms with Crippen molar-refractivity contribution in [2.24, 2.45) is 0 Å². The lowest BCUT2D eigenvalue weighted by molar-refractivity contribution is -0.145. The highest BCUT2D eigenvalue weighted by Crippen LogP contribution is 2.16. The molecule has 0 saturated heterocycles. The molecule has 0 unspecified atom stereocenters. The number of rotatable bonds is 5. The van der Waals surface area contributed by atoms with Crippen molar-refractivity contribution in [2.45, 2.75) is 12.5 Å². The minimum Gasteiger partial charge on any atom is -0.481 e. The van der Waals surface area contributed by atoms with Crippen LogP contribution in [0.5, 0.6) is 0 Å². The van der Waals surface area contributed by atoms with Crippen molar-refractivity contribution in [2.75, 3.05) is 0 Å². The van der Waals surface area contributed by atoms with Crippen molar-refractivity contribution in [1.29, 1.82) is 0 Å². The first-order valence-electron chi connectivity index (χ1n) is 4.39. The van der Waals surface area contributed by atoms with E-state index < -0.39 is 30.3 Å². The molecule has 17 heavy (non-hydrogen) atoms. The number of halogens is 1. The zero-order valence-corrected chi connectivity index (χ0v) is 11.3. The molecule has 0 fully saturated rings. The molecular formula is C9H8INO5S. The predicted octanol–water partition coefficient (Wildman–Crippen LogP) is 1.01. The van der Waals surface area contributed by atoms with Crippen LogP contribution < -0.4 is 5.32 Å². The first-order chi connectivity index (χ1) is 7.90. The standard InChI is InChI=1S/C9H8INO5S/c10-6-1-4(3-17-6)8(14)11-5(9(15)16)2-7(12)13/h1,3,5H,2H2,(H,11,14)(H,12,13)(H,15,16)/t5-/m1/s1. The van der Waals surface area contributed by atoms with Gasteiger partial charge in [0, 0.05) is 5.38 Å². The van der Waals surface area contributed by atoms with Crippen molar-refractivity contribution >= 4 is 51.8 Å². The van der Waals surface area contributed by atoms with E-state index in [1.54, 1.807) is 11.4 Å². The molecule has 0 aliphatic heterocycles. The number of amides is 1. The van der Waals surface area contributed by atoms with E-state index in [0.29, 0.717) is 5.56 Å². The number of thiophene rings is 1. The first kappa shape index (κ1) is 13.9. The molecule has 1 rings (SSSR count). The molecule has 1 aromatic rings. The van der Waals surface area contributed by atoms with Gasteiger partial charge in [0.2, 0.25) is 0 Å². The monoisotopic (exact) mass is 369 g/mol. The fraction of sp³-hybridized carbons (Fsp3) is 0.222. The Morgan fingerprint density at radius 2 is 2.06 bits per heavy atom. The number of carbonyl (C=O) groups is 3. The van der Waals surface area contributed by atoms with Crippen molar-refractivity contribution in [3.05, 3.63) is 19.9 Å². The summed E-state index contributed by atoms with van der Waals surface area (Å²) in [7, 11) is 0. The number of aliphatic carboxylic acids is 2. The van der Waals surface area contributed by atoms with Crippen LogP contribution in [0.2, 0.25) is 0 Å². The SMILES string of the molecule is O=C(O)C[C@@H](NC(=O)c1csc(I)c1)C(=O)O. The van der Waals surface area contributed by atoms with Crippen LogP contribution >= 0.6 is 33.9 Å². The average Bonchev–Trinajstić information content (AvgIpc) is 2.63. The Morgan fingerprint density at radius 3 is 2.47 bits per heavy atom. The molecule has 0 aromatic carbocycles. The molecule has 3 N–H and O–H groups in total. The molecule has 92 valence electrons. The maximum Gasteiger partial charge on any atom is 0.326 e. The highest BCUT2D eigenvalue weighted by atomic mass is 127. The number of carboxylic acid groups (broad SMARTS) is 2. The van der Waals surface area contributed by atoms with Crippen LogP contribution in [0.25, 0.3) is 0 Å². The third kappa shape index (κ3) is 4.30. The van der Waals surface area contributed by atoms with Crippen LogP contribution in [0.1, 0.15) is 16.8 Å². The maximum atomic E-state index is 11.6. The highest BCUT2D eigenvalue weighted by molar-refractivity contribution is 14.1. The summed E-state index contributed by atoms with van der Waals surface area (Å²) in [6.45, 7) is 0. The molecule has 0 radical (unpaired) electrons. The first-order valence-corrected chi connectivity index (χ1v) is 6.35. The third-order valence-corrected chi connectivity index (χ3v) is 3.60. The van der Waals surface area contributed by atoms with Gasteiger partial charge in [-0.05, 0) is 28.7 Å². The molecule has 6 nitrogen and oxygen atoms in total. The van der Waals surface area contributed by atoms with Crippen LogP contribution in [-0.4, -0.2) is 34.1 Å². The van der Waals surface area contributed by atoms with Gasteiger partial charge in [-0.1, -0.05) is 0 Å². The summed E-state index contributed by atoms with van der Waals surface area (Å²) in [5.74, 6) is -3.24. The molecule has 1 atom stereocenters.